The van der Waals surface area contributed by atoms with E-state index in [0.29, 0.717) is 18.8 Å². The van der Waals surface area contributed by atoms with E-state index in [9.17, 15) is 9.18 Å². The van der Waals surface area contributed by atoms with Crippen LogP contribution in [0.3, 0.4) is 0 Å². The van der Waals surface area contributed by atoms with Crippen LogP contribution in [0.25, 0.3) is 10.9 Å². The Hall–Kier alpha value is -4.25. The van der Waals surface area contributed by atoms with E-state index in [-0.39, 0.29) is 39.8 Å². The fourth-order valence-corrected chi connectivity index (χ4v) is 4.88. The van der Waals surface area contributed by atoms with E-state index in [1.165, 1.54) is 12.4 Å². The zero-order valence-electron chi connectivity index (χ0n) is 21.8. The normalized spacial score (nSPS) is 15.9. The van der Waals surface area contributed by atoms with Crippen molar-refractivity contribution in [2.45, 2.75) is 13.3 Å². The highest BCUT2D eigenvalue weighted by atomic mass is 19.1. The number of carbonyl (C=O) groups is 1. The van der Waals surface area contributed by atoms with Crippen LogP contribution in [0.5, 0.6) is 11.6 Å². The predicted octanol–water partition coefficient (Wildman–Crippen LogP) is 4.68. The first-order valence-electron chi connectivity index (χ1n) is 13.0. The van der Waals surface area contributed by atoms with Crippen molar-refractivity contribution >= 4 is 34.0 Å². The molecule has 202 valence electrons. The van der Waals surface area contributed by atoms with Gasteiger partial charge in [0, 0.05) is 67.8 Å². The molecule has 2 aliphatic rings. The van der Waals surface area contributed by atoms with Gasteiger partial charge in [-0.2, -0.15) is 0 Å². The largest absolute Gasteiger partial charge is 0.435 e. The lowest BCUT2D eigenvalue weighted by Crippen LogP contribution is -2.44. The van der Waals surface area contributed by atoms with Crippen LogP contribution in [0.2, 0.25) is 0 Å². The standard InChI is InChI=1S/C28H29F2N7O2/c1-17-14-20-24(30)22(15-21(29)25(20)33-17)39-27-23(28(38)37-8-3-9-37)26(31-16-32-27)34-18-4-6-19(7-5-18)36-12-10-35(2)11-13-36/h4-7,14-16,33H,3,8-13H2,1-2H3,(H,31,32,34). The molecular formula is C28H29F2N7O2. The third-order valence-electron chi connectivity index (χ3n) is 7.28. The van der Waals surface area contributed by atoms with E-state index in [1.54, 1.807) is 11.8 Å². The molecule has 2 saturated heterocycles. The predicted molar refractivity (Wildman–Crippen MR) is 145 cm³/mol. The molecule has 0 spiro atoms. The lowest BCUT2D eigenvalue weighted by molar-refractivity contribution is 0.0649. The number of likely N-dealkylation sites (N-methyl/N-ethyl adjacent to an activating group) is 1. The Kier molecular flexibility index (Phi) is 6.51. The van der Waals surface area contributed by atoms with Gasteiger partial charge in [-0.05, 0) is 50.7 Å². The monoisotopic (exact) mass is 533 g/mol. The third kappa shape index (κ3) is 4.85. The number of benzene rings is 2. The van der Waals surface area contributed by atoms with E-state index < -0.39 is 11.6 Å². The number of aryl methyl sites for hydroxylation is 1. The summed E-state index contributed by atoms with van der Waals surface area (Å²) in [5.41, 5.74) is 2.56. The van der Waals surface area contributed by atoms with Crippen LogP contribution in [0.15, 0.2) is 42.7 Å². The average Bonchev–Trinajstić information content (AvgIpc) is 3.30. The molecule has 2 aliphatic heterocycles. The Balaban J connectivity index is 1.32. The number of rotatable bonds is 6. The van der Waals surface area contributed by atoms with Gasteiger partial charge >= 0.3 is 0 Å². The SMILES string of the molecule is Cc1cc2c(F)c(Oc3ncnc(Nc4ccc(N5CCN(C)CC5)cc4)c3C(=O)N3CCC3)cc(F)c2[nH]1. The van der Waals surface area contributed by atoms with Gasteiger partial charge in [-0.15, -0.1) is 0 Å². The number of anilines is 3. The van der Waals surface area contributed by atoms with Crippen LogP contribution in [-0.2, 0) is 0 Å². The molecule has 39 heavy (non-hydrogen) atoms. The molecule has 4 aromatic rings. The van der Waals surface area contributed by atoms with Crippen LogP contribution in [0, 0.1) is 18.6 Å². The van der Waals surface area contributed by atoms with Gasteiger partial charge in [0.1, 0.15) is 11.9 Å². The summed E-state index contributed by atoms with van der Waals surface area (Å²) in [6.07, 6.45) is 2.12. The average molecular weight is 534 g/mol. The number of fused-ring (bicyclic) bond motifs is 1. The fraction of sp³-hybridized carbons (Fsp3) is 0.321. The maximum absolute atomic E-state index is 15.3. The number of hydrogen-bond acceptors (Lipinski definition) is 7. The van der Waals surface area contributed by atoms with Crippen LogP contribution >= 0.6 is 0 Å². The van der Waals surface area contributed by atoms with Crippen LogP contribution in [0.4, 0.5) is 26.0 Å². The summed E-state index contributed by atoms with van der Waals surface area (Å²) in [6.45, 7) is 6.81. The molecule has 4 heterocycles. The number of H-pyrrole nitrogens is 1. The van der Waals surface area contributed by atoms with Crippen molar-refractivity contribution in [1.82, 2.24) is 24.8 Å². The molecular weight excluding hydrogens is 504 g/mol. The molecule has 0 atom stereocenters. The van der Waals surface area contributed by atoms with Crippen molar-refractivity contribution in [2.24, 2.45) is 0 Å². The summed E-state index contributed by atoms with van der Waals surface area (Å²) in [7, 11) is 2.12. The fourth-order valence-electron chi connectivity index (χ4n) is 4.88. The van der Waals surface area contributed by atoms with Gasteiger partial charge in [-0.3, -0.25) is 4.79 Å². The van der Waals surface area contributed by atoms with Gasteiger partial charge in [-0.25, -0.2) is 18.7 Å². The maximum atomic E-state index is 15.3. The Morgan fingerprint density at radius 3 is 2.46 bits per heavy atom. The number of ether oxygens (including phenoxy) is 1. The number of aromatic amines is 1. The molecule has 0 radical (unpaired) electrons. The molecule has 6 rings (SSSR count). The highest BCUT2D eigenvalue weighted by Gasteiger charge is 2.30. The molecule has 2 aromatic carbocycles. The molecule has 0 aliphatic carbocycles. The molecule has 2 aromatic heterocycles. The van der Waals surface area contributed by atoms with E-state index in [4.69, 9.17) is 4.74 Å². The third-order valence-corrected chi connectivity index (χ3v) is 7.28. The van der Waals surface area contributed by atoms with Gasteiger partial charge in [0.15, 0.2) is 23.2 Å². The quantitative estimate of drug-likeness (QED) is 0.372. The van der Waals surface area contributed by atoms with E-state index >= 15 is 4.39 Å². The Morgan fingerprint density at radius 2 is 1.77 bits per heavy atom. The number of nitrogens with one attached hydrogen (secondary N) is 2. The van der Waals surface area contributed by atoms with Crippen molar-refractivity contribution in [2.75, 3.05) is 56.5 Å². The van der Waals surface area contributed by atoms with Crippen LogP contribution in [-0.4, -0.2) is 77.0 Å². The number of carbonyl (C=O) groups excluding carboxylic acids is 1. The van der Waals surface area contributed by atoms with Crippen molar-refractivity contribution < 1.29 is 18.3 Å². The van der Waals surface area contributed by atoms with E-state index in [1.807, 2.05) is 24.3 Å². The summed E-state index contributed by atoms with van der Waals surface area (Å²) in [5.74, 6) is -2.04. The number of amides is 1. The summed E-state index contributed by atoms with van der Waals surface area (Å²) < 4.78 is 35.8. The maximum Gasteiger partial charge on any atom is 0.263 e. The molecule has 9 nitrogen and oxygen atoms in total. The summed E-state index contributed by atoms with van der Waals surface area (Å²) in [4.78, 5) is 31.0. The topological polar surface area (TPSA) is 89.6 Å². The zero-order valence-corrected chi connectivity index (χ0v) is 21.8. The second-order valence-corrected chi connectivity index (χ2v) is 10.0. The second-order valence-electron chi connectivity index (χ2n) is 10.0. The smallest absolute Gasteiger partial charge is 0.263 e. The lowest BCUT2D eigenvalue weighted by atomic mass is 10.1. The van der Waals surface area contributed by atoms with Crippen molar-refractivity contribution in [3.63, 3.8) is 0 Å². The summed E-state index contributed by atoms with van der Waals surface area (Å²) in [5, 5.41) is 3.26. The van der Waals surface area contributed by atoms with Gasteiger partial charge in [0.2, 0.25) is 5.88 Å². The van der Waals surface area contributed by atoms with E-state index in [2.05, 4.69) is 37.1 Å². The lowest BCUT2D eigenvalue weighted by Gasteiger charge is -2.34. The minimum Gasteiger partial charge on any atom is -0.435 e. The number of halogens is 2. The number of piperazine rings is 1. The van der Waals surface area contributed by atoms with Gasteiger partial charge in [-0.1, -0.05) is 0 Å². The van der Waals surface area contributed by atoms with Gasteiger partial charge < -0.3 is 29.7 Å². The van der Waals surface area contributed by atoms with Crippen LogP contribution < -0.4 is 15.0 Å². The van der Waals surface area contributed by atoms with E-state index in [0.717, 1.165) is 50.0 Å². The van der Waals surface area contributed by atoms with Crippen LogP contribution in [0.1, 0.15) is 22.5 Å². The van der Waals surface area contributed by atoms with Crippen molar-refractivity contribution in [3.8, 4) is 11.6 Å². The first-order valence-corrected chi connectivity index (χ1v) is 13.0. The van der Waals surface area contributed by atoms with Gasteiger partial charge in [0.25, 0.3) is 5.91 Å². The molecule has 11 heteroatoms. The van der Waals surface area contributed by atoms with Gasteiger partial charge in [0.05, 0.1) is 5.52 Å². The molecule has 1 amide bonds. The Labute approximate surface area is 224 Å². The Bertz CT molecular complexity index is 1530. The van der Waals surface area contributed by atoms with Crippen molar-refractivity contribution in [1.29, 1.82) is 0 Å². The summed E-state index contributed by atoms with van der Waals surface area (Å²) >= 11 is 0. The summed E-state index contributed by atoms with van der Waals surface area (Å²) in [6, 6.07) is 10.4. The second kappa shape index (κ2) is 10.1. The molecule has 2 fully saturated rings. The molecule has 0 unspecified atom stereocenters. The molecule has 0 saturated carbocycles. The highest BCUT2D eigenvalue weighted by Crippen LogP contribution is 2.36. The minimum absolute atomic E-state index is 0.0549. The number of likely N-dealkylation sites (tertiary alicyclic amines) is 1. The molecule has 2 N–H and O–H groups in total. The number of nitrogens with zero attached hydrogens (tertiary/aromatic N) is 5. The molecule has 0 bridgehead atoms. The highest BCUT2D eigenvalue weighted by molar-refractivity contribution is 6.02. The first kappa shape index (κ1) is 25.1. The number of aromatic nitrogens is 3. The Morgan fingerprint density at radius 1 is 1.03 bits per heavy atom. The zero-order chi connectivity index (χ0) is 27.1. The first-order chi connectivity index (χ1) is 18.9. The van der Waals surface area contributed by atoms with Crippen molar-refractivity contribution in [3.05, 3.63) is 65.6 Å². The minimum atomic E-state index is -0.745. The number of hydrogen-bond donors (Lipinski definition) is 2.